The van der Waals surface area contributed by atoms with Crippen LogP contribution in [0.2, 0.25) is 0 Å². The summed E-state index contributed by atoms with van der Waals surface area (Å²) in [5.41, 5.74) is 2.47. The lowest BCUT2D eigenvalue weighted by Crippen LogP contribution is -2.02. The number of thioether (sulfide) groups is 1. The van der Waals surface area contributed by atoms with E-state index in [-0.39, 0.29) is 12.5 Å². The van der Waals surface area contributed by atoms with E-state index in [1.54, 1.807) is 17.0 Å². The number of halogens is 1. The lowest BCUT2D eigenvalue weighted by atomic mass is 10.1. The second-order valence-electron chi connectivity index (χ2n) is 6.01. The Hall–Kier alpha value is -2.36. The number of nitrogens with zero attached hydrogens (tertiary/aromatic N) is 4. The summed E-state index contributed by atoms with van der Waals surface area (Å²) in [6, 6.07) is 11.0. The monoisotopic (exact) mass is 476 g/mol. The molecule has 1 heterocycles. The van der Waals surface area contributed by atoms with E-state index in [4.69, 9.17) is 9.47 Å². The molecule has 0 atom stereocenters. The van der Waals surface area contributed by atoms with Gasteiger partial charge in [0.1, 0.15) is 11.5 Å². The first-order valence-corrected chi connectivity index (χ1v) is 10.9. The molecule has 3 aromatic rings. The summed E-state index contributed by atoms with van der Waals surface area (Å²) in [6.07, 6.45) is 3.63. The molecule has 0 bridgehead atoms. The van der Waals surface area contributed by atoms with Crippen molar-refractivity contribution in [1.29, 1.82) is 0 Å². The number of hydrogen-bond donors (Lipinski definition) is 1. The molecule has 1 aromatic heterocycles. The number of rotatable bonds is 8. The summed E-state index contributed by atoms with van der Waals surface area (Å²) < 4.78 is 13.1. The maximum atomic E-state index is 9.82. The highest BCUT2D eigenvalue weighted by atomic mass is 79.9. The van der Waals surface area contributed by atoms with Crippen molar-refractivity contribution in [1.82, 2.24) is 14.9 Å². The fourth-order valence-corrected chi connectivity index (χ4v) is 3.35. The number of aromatic nitrogens is 3. The van der Waals surface area contributed by atoms with Gasteiger partial charge in [-0.15, -0.1) is 10.2 Å². The predicted molar refractivity (Wildman–Crippen MR) is 118 cm³/mol. The van der Waals surface area contributed by atoms with Crippen LogP contribution in [-0.2, 0) is 4.74 Å². The van der Waals surface area contributed by atoms with Gasteiger partial charge >= 0.3 is 0 Å². The van der Waals surface area contributed by atoms with Crippen molar-refractivity contribution in [2.45, 2.75) is 19.0 Å². The van der Waals surface area contributed by atoms with Crippen molar-refractivity contribution in [2.24, 2.45) is 5.10 Å². The first-order valence-electron chi connectivity index (χ1n) is 8.87. The quantitative estimate of drug-likeness (QED) is 0.219. The minimum absolute atomic E-state index is 0.216. The Morgan fingerprint density at radius 3 is 2.69 bits per heavy atom. The minimum Gasteiger partial charge on any atom is -0.508 e. The van der Waals surface area contributed by atoms with E-state index in [2.05, 4.69) is 31.2 Å². The molecule has 0 aliphatic rings. The molecule has 0 unspecified atom stereocenters. The predicted octanol–water partition coefficient (Wildman–Crippen LogP) is 4.70. The standard InChI is InChI=1S/C20H21BrN4O3S/c1-4-27-12-28-16-7-5-14(6-8-16)19-23-24-20(29-3)25(19)22-11-15-9-13(2)18(26)10-17(15)21/h5-11,26H,4,12H2,1-3H3/b22-11+. The van der Waals surface area contributed by atoms with Crippen LogP contribution in [0.5, 0.6) is 11.5 Å². The summed E-state index contributed by atoms with van der Waals surface area (Å²) in [5.74, 6) is 1.56. The Kier molecular flexibility index (Phi) is 7.29. The second kappa shape index (κ2) is 9.91. The van der Waals surface area contributed by atoms with E-state index in [0.29, 0.717) is 23.3 Å². The average molecular weight is 477 g/mol. The number of phenols is 1. The highest BCUT2D eigenvalue weighted by molar-refractivity contribution is 9.10. The lowest BCUT2D eigenvalue weighted by molar-refractivity contribution is 0.0224. The molecule has 0 aliphatic heterocycles. The molecular formula is C20H21BrN4O3S. The molecule has 2 aromatic carbocycles. The largest absolute Gasteiger partial charge is 0.508 e. The van der Waals surface area contributed by atoms with E-state index < -0.39 is 0 Å². The third-order valence-corrected chi connectivity index (χ3v) is 5.35. The number of hydrogen-bond acceptors (Lipinski definition) is 7. The van der Waals surface area contributed by atoms with Crippen LogP contribution >= 0.6 is 27.7 Å². The molecular weight excluding hydrogens is 456 g/mol. The SMILES string of the molecule is CCOCOc1ccc(-c2nnc(SC)n2/N=C/c2cc(C)c(O)cc2Br)cc1. The molecule has 0 amide bonds. The molecule has 0 saturated heterocycles. The number of phenolic OH excluding ortho intramolecular Hbond substituents is 1. The molecule has 0 aliphatic carbocycles. The second-order valence-corrected chi connectivity index (χ2v) is 7.63. The molecule has 0 saturated carbocycles. The molecule has 0 spiro atoms. The van der Waals surface area contributed by atoms with E-state index >= 15 is 0 Å². The molecule has 29 heavy (non-hydrogen) atoms. The highest BCUT2D eigenvalue weighted by Crippen LogP contribution is 2.27. The fourth-order valence-electron chi connectivity index (χ4n) is 2.48. The first-order chi connectivity index (χ1) is 14.0. The van der Waals surface area contributed by atoms with Gasteiger partial charge in [-0.25, -0.2) is 0 Å². The number of aryl methyl sites for hydroxylation is 1. The lowest BCUT2D eigenvalue weighted by Gasteiger charge is -2.07. The topological polar surface area (TPSA) is 81.8 Å². The van der Waals surface area contributed by atoms with Crippen molar-refractivity contribution in [3.8, 4) is 22.9 Å². The average Bonchev–Trinajstić information content (AvgIpc) is 3.13. The first kappa shape index (κ1) is 21.4. The molecule has 3 rings (SSSR count). The third-order valence-electron chi connectivity index (χ3n) is 4.05. The molecule has 7 nitrogen and oxygen atoms in total. The normalized spacial score (nSPS) is 11.3. The molecule has 0 radical (unpaired) electrons. The fraction of sp³-hybridized carbons (Fsp3) is 0.250. The molecule has 0 fully saturated rings. The summed E-state index contributed by atoms with van der Waals surface area (Å²) in [4.78, 5) is 0. The van der Waals surface area contributed by atoms with Crippen molar-refractivity contribution in [2.75, 3.05) is 19.7 Å². The van der Waals surface area contributed by atoms with Gasteiger partial charge in [0, 0.05) is 22.2 Å². The zero-order valence-electron chi connectivity index (χ0n) is 16.3. The number of ether oxygens (including phenoxy) is 2. The van der Waals surface area contributed by atoms with Crippen LogP contribution in [-0.4, -0.2) is 45.9 Å². The van der Waals surface area contributed by atoms with E-state index in [1.807, 2.05) is 50.4 Å². The molecule has 9 heteroatoms. The van der Waals surface area contributed by atoms with Crippen LogP contribution < -0.4 is 4.74 Å². The maximum Gasteiger partial charge on any atom is 0.212 e. The Morgan fingerprint density at radius 2 is 2.00 bits per heavy atom. The Morgan fingerprint density at radius 1 is 1.24 bits per heavy atom. The summed E-state index contributed by atoms with van der Waals surface area (Å²) in [7, 11) is 0. The summed E-state index contributed by atoms with van der Waals surface area (Å²) >= 11 is 4.91. The van der Waals surface area contributed by atoms with E-state index in [0.717, 1.165) is 21.2 Å². The van der Waals surface area contributed by atoms with Crippen LogP contribution in [0.4, 0.5) is 0 Å². The van der Waals surface area contributed by atoms with Gasteiger partial charge in [-0.2, -0.15) is 9.78 Å². The molecule has 152 valence electrons. The van der Waals surface area contributed by atoms with Gasteiger partial charge in [-0.1, -0.05) is 11.8 Å². The Balaban J connectivity index is 1.89. The van der Waals surface area contributed by atoms with Gasteiger partial charge < -0.3 is 14.6 Å². The highest BCUT2D eigenvalue weighted by Gasteiger charge is 2.13. The smallest absolute Gasteiger partial charge is 0.212 e. The van der Waals surface area contributed by atoms with Crippen molar-refractivity contribution in [3.63, 3.8) is 0 Å². The van der Waals surface area contributed by atoms with Crippen LogP contribution in [0.25, 0.3) is 11.4 Å². The Labute approximate surface area is 181 Å². The van der Waals surface area contributed by atoms with Gasteiger partial charge in [0.05, 0.1) is 6.21 Å². The number of aromatic hydroxyl groups is 1. The van der Waals surface area contributed by atoms with Crippen LogP contribution in [0, 0.1) is 6.92 Å². The molecule has 1 N–H and O–H groups in total. The zero-order chi connectivity index (χ0) is 20.8. The van der Waals surface area contributed by atoms with E-state index in [9.17, 15) is 5.11 Å². The van der Waals surface area contributed by atoms with Crippen molar-refractivity contribution >= 4 is 33.9 Å². The summed E-state index contributed by atoms with van der Waals surface area (Å²) in [6.45, 7) is 4.58. The van der Waals surface area contributed by atoms with Crippen molar-refractivity contribution < 1.29 is 14.6 Å². The van der Waals surface area contributed by atoms with Crippen LogP contribution in [0.15, 0.2) is 51.1 Å². The van der Waals surface area contributed by atoms with Crippen molar-refractivity contribution in [3.05, 3.63) is 52.0 Å². The van der Waals surface area contributed by atoms with E-state index in [1.165, 1.54) is 11.8 Å². The van der Waals surface area contributed by atoms with Crippen LogP contribution in [0.3, 0.4) is 0 Å². The zero-order valence-corrected chi connectivity index (χ0v) is 18.7. The van der Waals surface area contributed by atoms with Gasteiger partial charge in [-0.3, -0.25) is 0 Å². The van der Waals surface area contributed by atoms with Crippen LogP contribution in [0.1, 0.15) is 18.1 Å². The Bertz CT molecular complexity index is 1010. The number of benzene rings is 2. The van der Waals surface area contributed by atoms with Gasteiger partial charge in [-0.05, 0) is 78.0 Å². The van der Waals surface area contributed by atoms with Gasteiger partial charge in [0.2, 0.25) is 5.16 Å². The minimum atomic E-state index is 0.216. The summed E-state index contributed by atoms with van der Waals surface area (Å²) in [5, 5.41) is 23.6. The van der Waals surface area contributed by atoms with Gasteiger partial charge in [0.15, 0.2) is 12.6 Å². The van der Waals surface area contributed by atoms with Gasteiger partial charge in [0.25, 0.3) is 0 Å². The third kappa shape index (κ3) is 5.17. The maximum absolute atomic E-state index is 9.82.